The first kappa shape index (κ1) is 29.7. The first-order valence-electron chi connectivity index (χ1n) is 10.5. The van der Waals surface area contributed by atoms with Crippen LogP contribution in [-0.2, 0) is 28.8 Å². The second-order valence-electron chi connectivity index (χ2n) is 7.59. The molecule has 0 aromatic heterocycles. The van der Waals surface area contributed by atoms with Gasteiger partial charge in [-0.2, -0.15) is 0 Å². The van der Waals surface area contributed by atoms with Gasteiger partial charge < -0.3 is 44.0 Å². The molecule has 4 unspecified atom stereocenters. The van der Waals surface area contributed by atoms with E-state index in [1.807, 2.05) is 0 Å². The first-order valence-corrected chi connectivity index (χ1v) is 10.5. The minimum atomic E-state index is -1.29. The Morgan fingerprint density at radius 1 is 0.758 bits per heavy atom. The van der Waals surface area contributed by atoms with Gasteiger partial charge >= 0.3 is 5.97 Å². The average molecular weight is 474 g/mol. The van der Waals surface area contributed by atoms with Crippen molar-refractivity contribution >= 4 is 35.5 Å². The molecular weight excluding hydrogens is 438 g/mol. The molecule has 0 radical (unpaired) electrons. The number of hydrogen-bond donors (Lipinski definition) is 8. The third kappa shape index (κ3) is 13.0. The summed E-state index contributed by atoms with van der Waals surface area (Å²) in [6, 6.07) is -4.70. The van der Waals surface area contributed by atoms with Crippen LogP contribution in [0.25, 0.3) is 0 Å². The Hall–Kier alpha value is -3.26. The van der Waals surface area contributed by atoms with E-state index in [-0.39, 0.29) is 32.1 Å². The van der Waals surface area contributed by atoms with E-state index in [4.69, 9.17) is 28.0 Å². The molecule has 14 nitrogen and oxygen atoms in total. The Morgan fingerprint density at radius 3 is 1.76 bits per heavy atom. The second-order valence-corrected chi connectivity index (χ2v) is 7.59. The van der Waals surface area contributed by atoms with E-state index in [1.165, 1.54) is 6.92 Å². The maximum Gasteiger partial charge on any atom is 0.325 e. The van der Waals surface area contributed by atoms with E-state index in [2.05, 4.69) is 16.0 Å². The van der Waals surface area contributed by atoms with Crippen LogP contribution in [0.2, 0.25) is 0 Å². The minimum absolute atomic E-state index is 0.0188. The van der Waals surface area contributed by atoms with Crippen LogP contribution in [0, 0.1) is 0 Å². The summed E-state index contributed by atoms with van der Waals surface area (Å²) < 4.78 is 0. The molecule has 4 atom stereocenters. The van der Waals surface area contributed by atoms with E-state index in [0.29, 0.717) is 19.4 Å². The fourth-order valence-corrected chi connectivity index (χ4v) is 2.67. The quantitative estimate of drug-likeness (QED) is 0.0974. The number of carboxylic acid groups (broad SMARTS) is 1. The number of unbranched alkanes of at least 4 members (excludes halogenated alkanes) is 1. The van der Waals surface area contributed by atoms with Gasteiger partial charge in [-0.3, -0.25) is 28.8 Å². The molecule has 0 rings (SSSR count). The van der Waals surface area contributed by atoms with Crippen molar-refractivity contribution < 1.29 is 33.9 Å². The van der Waals surface area contributed by atoms with Crippen LogP contribution in [0.5, 0.6) is 0 Å². The summed E-state index contributed by atoms with van der Waals surface area (Å²) in [5.41, 5.74) is 21.4. The molecule has 0 saturated heterocycles. The Balaban J connectivity index is 5.39. The first-order chi connectivity index (χ1) is 15.4. The lowest BCUT2D eigenvalue weighted by atomic mass is 10.0. The van der Waals surface area contributed by atoms with Gasteiger partial charge in [0, 0.05) is 12.8 Å². The van der Waals surface area contributed by atoms with Crippen LogP contribution < -0.4 is 38.9 Å². The summed E-state index contributed by atoms with van der Waals surface area (Å²) in [6.07, 6.45) is 0.648. The van der Waals surface area contributed by atoms with Crippen molar-refractivity contribution in [1.29, 1.82) is 0 Å². The van der Waals surface area contributed by atoms with Crippen LogP contribution in [-0.4, -0.2) is 71.3 Å². The van der Waals surface area contributed by atoms with E-state index in [1.54, 1.807) is 0 Å². The number of primary amides is 2. The highest BCUT2D eigenvalue weighted by Gasteiger charge is 2.29. The topological polar surface area (TPSA) is 263 Å². The Labute approximate surface area is 191 Å². The number of nitrogens with two attached hydrogens (primary N) is 4. The van der Waals surface area contributed by atoms with Gasteiger partial charge in [-0.1, -0.05) is 0 Å². The summed E-state index contributed by atoms with van der Waals surface area (Å²) in [5.74, 6) is -4.90. The maximum absolute atomic E-state index is 12.9. The van der Waals surface area contributed by atoms with E-state index in [9.17, 15) is 28.8 Å². The second kappa shape index (κ2) is 15.5. The number of carbonyl (C=O) groups is 6. The van der Waals surface area contributed by atoms with Crippen molar-refractivity contribution in [3.63, 3.8) is 0 Å². The molecule has 0 fully saturated rings. The molecule has 188 valence electrons. The number of amides is 5. The zero-order valence-electron chi connectivity index (χ0n) is 18.7. The Morgan fingerprint density at radius 2 is 1.24 bits per heavy atom. The number of carbonyl (C=O) groups excluding carboxylic acids is 5. The van der Waals surface area contributed by atoms with Gasteiger partial charge in [0.1, 0.15) is 18.1 Å². The van der Waals surface area contributed by atoms with Crippen LogP contribution in [0.1, 0.15) is 51.9 Å². The number of nitrogens with one attached hydrogen (secondary N) is 3. The highest BCUT2D eigenvalue weighted by atomic mass is 16.4. The minimum Gasteiger partial charge on any atom is -0.480 e. The number of aliphatic carboxylic acids is 1. The standard InChI is InChI=1S/C19H35N7O7/c1-10(19(32)33)24-17(30)13(6-8-15(23)28)26-18(31)12(4-2-3-9-20)25-16(29)11(21)5-7-14(22)27/h10-13H,2-9,20-21H2,1H3,(H2,22,27)(H2,23,28)(H,24,30)(H,25,29)(H,26,31)(H,32,33). The zero-order chi connectivity index (χ0) is 25.6. The monoisotopic (exact) mass is 473 g/mol. The van der Waals surface area contributed by atoms with E-state index < -0.39 is 59.7 Å². The van der Waals surface area contributed by atoms with Gasteiger partial charge in [-0.05, 0) is 45.6 Å². The summed E-state index contributed by atoms with van der Waals surface area (Å²) in [4.78, 5) is 70.7. The molecule has 0 aromatic rings. The number of hydrogen-bond acceptors (Lipinski definition) is 8. The highest BCUT2D eigenvalue weighted by Crippen LogP contribution is 2.06. The van der Waals surface area contributed by atoms with Gasteiger partial charge in [0.25, 0.3) is 0 Å². The van der Waals surface area contributed by atoms with Crippen molar-refractivity contribution in [2.24, 2.45) is 22.9 Å². The summed E-state index contributed by atoms with van der Waals surface area (Å²) >= 11 is 0. The molecule has 0 heterocycles. The molecule has 0 aliphatic carbocycles. The largest absolute Gasteiger partial charge is 0.480 e. The molecular formula is C19H35N7O7. The van der Waals surface area contributed by atoms with Gasteiger partial charge in [-0.15, -0.1) is 0 Å². The molecule has 0 bridgehead atoms. The molecule has 5 amide bonds. The fraction of sp³-hybridized carbons (Fsp3) is 0.684. The predicted octanol–water partition coefficient (Wildman–Crippen LogP) is -3.47. The van der Waals surface area contributed by atoms with Gasteiger partial charge in [0.2, 0.25) is 29.5 Å². The van der Waals surface area contributed by atoms with Gasteiger partial charge in [0.15, 0.2) is 0 Å². The van der Waals surface area contributed by atoms with Crippen molar-refractivity contribution in [3.05, 3.63) is 0 Å². The number of carboxylic acids is 1. The third-order valence-corrected chi connectivity index (χ3v) is 4.66. The van der Waals surface area contributed by atoms with Crippen molar-refractivity contribution in [2.75, 3.05) is 6.54 Å². The van der Waals surface area contributed by atoms with Crippen LogP contribution in [0.3, 0.4) is 0 Å². The predicted molar refractivity (Wildman–Crippen MR) is 117 cm³/mol. The molecule has 12 N–H and O–H groups in total. The van der Waals surface area contributed by atoms with Crippen LogP contribution in [0.4, 0.5) is 0 Å². The van der Waals surface area contributed by atoms with Crippen molar-refractivity contribution in [3.8, 4) is 0 Å². The van der Waals surface area contributed by atoms with E-state index in [0.717, 1.165) is 0 Å². The van der Waals surface area contributed by atoms with Gasteiger partial charge in [0.05, 0.1) is 6.04 Å². The van der Waals surface area contributed by atoms with Gasteiger partial charge in [-0.25, -0.2) is 0 Å². The molecule has 14 heteroatoms. The lowest BCUT2D eigenvalue weighted by Crippen LogP contribution is -2.57. The van der Waals surface area contributed by atoms with Crippen LogP contribution in [0.15, 0.2) is 0 Å². The summed E-state index contributed by atoms with van der Waals surface area (Å²) in [6.45, 7) is 1.59. The SMILES string of the molecule is CC(NC(=O)C(CCC(N)=O)NC(=O)C(CCCCN)NC(=O)C(N)CCC(N)=O)C(=O)O. The fourth-order valence-electron chi connectivity index (χ4n) is 2.67. The highest BCUT2D eigenvalue weighted by molar-refractivity contribution is 5.94. The third-order valence-electron chi connectivity index (χ3n) is 4.66. The van der Waals surface area contributed by atoms with Crippen molar-refractivity contribution in [1.82, 2.24) is 16.0 Å². The molecule has 0 saturated carbocycles. The summed E-state index contributed by atoms with van der Waals surface area (Å²) in [7, 11) is 0. The van der Waals surface area contributed by atoms with Crippen molar-refractivity contribution in [2.45, 2.75) is 76.0 Å². The number of rotatable bonds is 17. The summed E-state index contributed by atoms with van der Waals surface area (Å²) in [5, 5.41) is 16.1. The normalized spacial score (nSPS) is 14.3. The van der Waals surface area contributed by atoms with E-state index >= 15 is 0 Å². The lowest BCUT2D eigenvalue weighted by Gasteiger charge is -2.24. The Bertz CT molecular complexity index is 717. The van der Waals surface area contributed by atoms with Crippen LogP contribution >= 0.6 is 0 Å². The lowest BCUT2D eigenvalue weighted by molar-refractivity contribution is -0.142. The molecule has 0 spiro atoms. The zero-order valence-corrected chi connectivity index (χ0v) is 18.7. The molecule has 0 aliphatic rings. The maximum atomic E-state index is 12.9. The molecule has 33 heavy (non-hydrogen) atoms. The molecule has 0 aliphatic heterocycles. The molecule has 0 aromatic carbocycles. The average Bonchev–Trinajstić information content (AvgIpc) is 2.73. The smallest absolute Gasteiger partial charge is 0.325 e. The Kier molecular flexibility index (Phi) is 14.0.